The molecule has 0 aliphatic carbocycles. The van der Waals surface area contributed by atoms with Gasteiger partial charge >= 0.3 is 12.1 Å². The Bertz CT molecular complexity index is 1030. The first-order valence-corrected chi connectivity index (χ1v) is 7.58. The maximum atomic E-state index is 13.5. The van der Waals surface area contributed by atoms with Gasteiger partial charge in [-0.25, -0.2) is 14.2 Å². The molecule has 2 aromatic carbocycles. The summed E-state index contributed by atoms with van der Waals surface area (Å²) in [5.74, 6) is -3.53. The zero-order valence-corrected chi connectivity index (χ0v) is 13.6. The summed E-state index contributed by atoms with van der Waals surface area (Å²) in [6.45, 7) is -0.528. The first-order valence-electron chi connectivity index (χ1n) is 7.58. The Morgan fingerprint density at radius 3 is 2.52 bits per heavy atom. The van der Waals surface area contributed by atoms with Crippen LogP contribution in [0.4, 0.5) is 17.6 Å². The number of amidine groups is 1. The van der Waals surface area contributed by atoms with Crippen molar-refractivity contribution in [2.24, 2.45) is 10.9 Å². The van der Waals surface area contributed by atoms with E-state index in [1.54, 1.807) is 12.1 Å². The molecule has 3 aromatic rings. The van der Waals surface area contributed by atoms with Gasteiger partial charge < -0.3 is 15.1 Å². The predicted octanol–water partition coefficient (Wildman–Crippen LogP) is 3.32. The molecule has 140 valence electrons. The summed E-state index contributed by atoms with van der Waals surface area (Å²) in [4.78, 5) is 19.9. The van der Waals surface area contributed by atoms with Crippen LogP contribution in [-0.2, 0) is 17.6 Å². The summed E-state index contributed by atoms with van der Waals surface area (Å²) in [6.07, 6.45) is -4.72. The molecule has 0 aliphatic heterocycles. The average Bonchev–Trinajstić information content (AvgIpc) is 2.99. The van der Waals surface area contributed by atoms with E-state index in [0.717, 1.165) is 10.6 Å². The quantitative estimate of drug-likeness (QED) is 0.247. The maximum Gasteiger partial charge on any atom is 0.449 e. The minimum absolute atomic E-state index is 0.126. The molecule has 0 amide bonds. The van der Waals surface area contributed by atoms with Gasteiger partial charge in [0.15, 0.2) is 5.84 Å². The SMILES string of the molecule is N/C(Cn1c(C(F)(F)F)nc2ccccc21)=N/OC(=O)c1ccccc1F. The first kappa shape index (κ1) is 18.4. The molecule has 27 heavy (non-hydrogen) atoms. The van der Waals surface area contributed by atoms with Crippen LogP contribution in [0.3, 0.4) is 0 Å². The monoisotopic (exact) mass is 380 g/mol. The number of rotatable bonds is 4. The molecule has 0 saturated carbocycles. The lowest BCUT2D eigenvalue weighted by Gasteiger charge is -2.10. The van der Waals surface area contributed by atoms with Crippen molar-refractivity contribution in [1.82, 2.24) is 9.55 Å². The highest BCUT2D eigenvalue weighted by molar-refractivity contribution is 5.90. The van der Waals surface area contributed by atoms with Crippen LogP contribution in [0.5, 0.6) is 0 Å². The molecule has 0 atom stereocenters. The van der Waals surface area contributed by atoms with E-state index in [-0.39, 0.29) is 16.6 Å². The topological polar surface area (TPSA) is 82.5 Å². The second-order valence-corrected chi connectivity index (χ2v) is 5.45. The predicted molar refractivity (Wildman–Crippen MR) is 88.2 cm³/mol. The Hall–Kier alpha value is -3.43. The van der Waals surface area contributed by atoms with Crippen molar-refractivity contribution in [2.75, 3.05) is 0 Å². The molecule has 1 aromatic heterocycles. The number of carbonyl (C=O) groups is 1. The number of fused-ring (bicyclic) bond motifs is 1. The molecule has 0 unspecified atom stereocenters. The summed E-state index contributed by atoms with van der Waals surface area (Å²) in [7, 11) is 0. The number of benzene rings is 2. The lowest BCUT2D eigenvalue weighted by molar-refractivity contribution is -0.146. The summed E-state index contributed by atoms with van der Waals surface area (Å²) >= 11 is 0. The van der Waals surface area contributed by atoms with E-state index >= 15 is 0 Å². The smallest absolute Gasteiger partial charge is 0.383 e. The van der Waals surface area contributed by atoms with Crippen molar-refractivity contribution in [3.8, 4) is 0 Å². The van der Waals surface area contributed by atoms with Crippen LogP contribution in [0.2, 0.25) is 0 Å². The molecular weight excluding hydrogens is 368 g/mol. The number of hydrogen-bond donors (Lipinski definition) is 1. The van der Waals surface area contributed by atoms with Crippen LogP contribution in [0.25, 0.3) is 11.0 Å². The van der Waals surface area contributed by atoms with Crippen LogP contribution in [0, 0.1) is 5.82 Å². The van der Waals surface area contributed by atoms with Gasteiger partial charge in [-0.1, -0.05) is 29.4 Å². The van der Waals surface area contributed by atoms with Gasteiger partial charge in [-0.3, -0.25) is 0 Å². The van der Waals surface area contributed by atoms with Crippen molar-refractivity contribution in [3.63, 3.8) is 0 Å². The standard InChI is InChI=1S/C17H12F4N4O2/c18-11-6-2-1-5-10(11)15(26)27-24-14(22)9-25-13-8-4-3-7-12(13)23-16(25)17(19,20)21/h1-8H,9H2,(H2,22,24). The minimum atomic E-state index is -4.72. The zero-order valence-electron chi connectivity index (χ0n) is 13.6. The van der Waals surface area contributed by atoms with Crippen LogP contribution in [0.15, 0.2) is 53.7 Å². The van der Waals surface area contributed by atoms with Crippen molar-refractivity contribution < 1.29 is 27.2 Å². The fourth-order valence-electron chi connectivity index (χ4n) is 2.42. The van der Waals surface area contributed by atoms with Gasteiger partial charge in [0.2, 0.25) is 5.82 Å². The highest BCUT2D eigenvalue weighted by Crippen LogP contribution is 2.31. The number of para-hydroxylation sites is 2. The van der Waals surface area contributed by atoms with E-state index in [2.05, 4.69) is 15.0 Å². The lowest BCUT2D eigenvalue weighted by atomic mass is 10.2. The van der Waals surface area contributed by atoms with Gasteiger partial charge in [-0.2, -0.15) is 13.2 Å². The first-order chi connectivity index (χ1) is 12.8. The number of halogens is 4. The second kappa shape index (κ2) is 7.06. The third-order valence-corrected chi connectivity index (χ3v) is 3.57. The van der Waals surface area contributed by atoms with E-state index < -0.39 is 36.2 Å². The fourth-order valence-corrected chi connectivity index (χ4v) is 2.42. The van der Waals surface area contributed by atoms with E-state index in [1.807, 2.05) is 0 Å². The number of hydrogen-bond acceptors (Lipinski definition) is 4. The molecule has 0 radical (unpaired) electrons. The van der Waals surface area contributed by atoms with Gasteiger partial charge in [-0.05, 0) is 24.3 Å². The van der Waals surface area contributed by atoms with E-state index in [1.165, 1.54) is 30.3 Å². The largest absolute Gasteiger partial charge is 0.449 e. The molecule has 0 aliphatic rings. The van der Waals surface area contributed by atoms with Crippen molar-refractivity contribution in [1.29, 1.82) is 0 Å². The van der Waals surface area contributed by atoms with Crippen molar-refractivity contribution >= 4 is 22.8 Å². The molecule has 2 N–H and O–H groups in total. The van der Waals surface area contributed by atoms with E-state index in [0.29, 0.717) is 0 Å². The highest BCUT2D eigenvalue weighted by Gasteiger charge is 2.37. The molecule has 3 rings (SSSR count). The van der Waals surface area contributed by atoms with Crippen LogP contribution < -0.4 is 5.73 Å². The summed E-state index contributed by atoms with van der Waals surface area (Å²) in [5, 5.41) is 3.31. The van der Waals surface area contributed by atoms with Crippen LogP contribution in [0.1, 0.15) is 16.2 Å². The third-order valence-electron chi connectivity index (χ3n) is 3.57. The normalized spacial score (nSPS) is 12.4. The molecule has 10 heteroatoms. The highest BCUT2D eigenvalue weighted by atomic mass is 19.4. The molecule has 6 nitrogen and oxygen atoms in total. The van der Waals surface area contributed by atoms with Gasteiger partial charge in [0, 0.05) is 0 Å². The summed E-state index contributed by atoms with van der Waals surface area (Å²) < 4.78 is 54.0. The second-order valence-electron chi connectivity index (χ2n) is 5.45. The Balaban J connectivity index is 1.85. The summed E-state index contributed by atoms with van der Waals surface area (Å²) in [6, 6.07) is 11.0. The van der Waals surface area contributed by atoms with E-state index in [4.69, 9.17) is 5.73 Å². The van der Waals surface area contributed by atoms with Crippen LogP contribution in [-0.4, -0.2) is 21.4 Å². The Labute approximate surface area is 149 Å². The van der Waals surface area contributed by atoms with Gasteiger partial charge in [0.1, 0.15) is 5.82 Å². The van der Waals surface area contributed by atoms with Gasteiger partial charge in [0.05, 0.1) is 23.1 Å². The Morgan fingerprint density at radius 1 is 1.15 bits per heavy atom. The average molecular weight is 380 g/mol. The molecule has 0 fully saturated rings. The van der Waals surface area contributed by atoms with Crippen molar-refractivity contribution in [3.05, 3.63) is 65.7 Å². The van der Waals surface area contributed by atoms with Gasteiger partial charge in [0.25, 0.3) is 0 Å². The lowest BCUT2D eigenvalue weighted by Crippen LogP contribution is -2.24. The zero-order chi connectivity index (χ0) is 19.6. The molecular formula is C17H12F4N4O2. The number of aromatic nitrogens is 2. The van der Waals surface area contributed by atoms with E-state index in [9.17, 15) is 22.4 Å². The fraction of sp³-hybridized carbons (Fsp3) is 0.118. The minimum Gasteiger partial charge on any atom is -0.383 e. The van der Waals surface area contributed by atoms with Crippen LogP contribution >= 0.6 is 0 Å². The number of alkyl halides is 3. The van der Waals surface area contributed by atoms with Gasteiger partial charge in [-0.15, -0.1) is 0 Å². The third kappa shape index (κ3) is 3.89. The number of nitrogens with two attached hydrogens (primary N) is 1. The Kier molecular flexibility index (Phi) is 4.80. The van der Waals surface area contributed by atoms with Crippen molar-refractivity contribution in [2.45, 2.75) is 12.7 Å². The molecule has 1 heterocycles. The molecule has 0 saturated heterocycles. The molecule has 0 bridgehead atoms. The number of oxime groups is 1. The maximum absolute atomic E-state index is 13.5. The Morgan fingerprint density at radius 2 is 1.81 bits per heavy atom. The summed E-state index contributed by atoms with van der Waals surface area (Å²) in [5.41, 5.74) is 5.53. The molecule has 0 spiro atoms. The number of imidazole rings is 1. The number of nitrogens with zero attached hydrogens (tertiary/aromatic N) is 3. The number of carbonyl (C=O) groups excluding carboxylic acids is 1.